The van der Waals surface area contributed by atoms with Gasteiger partial charge in [0, 0.05) is 23.3 Å². The summed E-state index contributed by atoms with van der Waals surface area (Å²) in [5, 5.41) is 6.71. The van der Waals surface area contributed by atoms with Crippen LogP contribution in [-0.2, 0) is 0 Å². The third kappa shape index (κ3) is 2.09. The molecule has 1 unspecified atom stereocenters. The number of fused-ring (bicyclic) bond motifs is 1. The summed E-state index contributed by atoms with van der Waals surface area (Å²) in [6.07, 6.45) is 5.87. The highest BCUT2D eigenvalue weighted by molar-refractivity contribution is 7.13. The molecular formula is C15H14N4S. The first-order valence-corrected chi connectivity index (χ1v) is 7.68. The van der Waals surface area contributed by atoms with Gasteiger partial charge in [-0.3, -0.25) is 9.97 Å². The molecule has 3 aromatic rings. The highest BCUT2D eigenvalue weighted by atomic mass is 32.1. The molecule has 0 aliphatic carbocycles. The first-order chi connectivity index (χ1) is 9.90. The van der Waals surface area contributed by atoms with E-state index >= 15 is 0 Å². The smallest absolute Gasteiger partial charge is 0.123 e. The molecule has 5 heteroatoms. The van der Waals surface area contributed by atoms with Gasteiger partial charge in [0.2, 0.25) is 0 Å². The van der Waals surface area contributed by atoms with Crippen molar-refractivity contribution in [1.29, 1.82) is 0 Å². The first-order valence-electron chi connectivity index (χ1n) is 6.80. The minimum atomic E-state index is 0.431. The normalized spacial score (nSPS) is 18.7. The fraction of sp³-hybridized carbons (Fsp3) is 0.267. The Labute approximate surface area is 120 Å². The predicted molar refractivity (Wildman–Crippen MR) is 80.6 cm³/mol. The summed E-state index contributed by atoms with van der Waals surface area (Å²) in [5.41, 5.74) is 4.13. The number of hydrogen-bond acceptors (Lipinski definition) is 5. The van der Waals surface area contributed by atoms with Crippen LogP contribution in [0.1, 0.15) is 24.6 Å². The Kier molecular flexibility index (Phi) is 2.94. The van der Waals surface area contributed by atoms with E-state index in [-0.39, 0.29) is 0 Å². The molecule has 1 aliphatic rings. The fourth-order valence-corrected chi connectivity index (χ4v) is 3.48. The van der Waals surface area contributed by atoms with Crippen molar-refractivity contribution in [3.05, 3.63) is 41.7 Å². The second kappa shape index (κ2) is 4.92. The number of aromatic nitrogens is 3. The zero-order valence-electron chi connectivity index (χ0n) is 10.9. The topological polar surface area (TPSA) is 50.7 Å². The molecule has 2 aromatic heterocycles. The molecule has 3 heterocycles. The lowest BCUT2D eigenvalue weighted by Crippen LogP contribution is -2.12. The van der Waals surface area contributed by atoms with Crippen molar-refractivity contribution in [3.63, 3.8) is 0 Å². The molecule has 0 radical (unpaired) electrons. The van der Waals surface area contributed by atoms with Crippen molar-refractivity contribution >= 4 is 22.4 Å². The van der Waals surface area contributed by atoms with Crippen molar-refractivity contribution in [2.24, 2.45) is 0 Å². The van der Waals surface area contributed by atoms with Crippen LogP contribution in [0.25, 0.3) is 21.6 Å². The van der Waals surface area contributed by atoms with Gasteiger partial charge in [-0.2, -0.15) is 0 Å². The average Bonchev–Trinajstić information content (AvgIpc) is 3.17. The van der Waals surface area contributed by atoms with E-state index in [0.29, 0.717) is 6.04 Å². The van der Waals surface area contributed by atoms with Gasteiger partial charge in [-0.15, -0.1) is 11.3 Å². The van der Waals surface area contributed by atoms with Crippen LogP contribution in [0.5, 0.6) is 0 Å². The van der Waals surface area contributed by atoms with Crippen LogP contribution in [0, 0.1) is 0 Å². The number of nitrogens with one attached hydrogen (secondary N) is 1. The molecule has 0 amide bonds. The molecule has 20 heavy (non-hydrogen) atoms. The summed E-state index contributed by atoms with van der Waals surface area (Å²) >= 11 is 1.70. The first kappa shape index (κ1) is 11.9. The van der Waals surface area contributed by atoms with Gasteiger partial charge in [-0.25, -0.2) is 4.98 Å². The van der Waals surface area contributed by atoms with E-state index in [4.69, 9.17) is 4.98 Å². The molecule has 4 nitrogen and oxygen atoms in total. The summed E-state index contributed by atoms with van der Waals surface area (Å²) in [4.78, 5) is 13.4. The zero-order valence-corrected chi connectivity index (χ0v) is 11.7. The molecule has 1 saturated heterocycles. The summed E-state index contributed by atoms with van der Waals surface area (Å²) in [6.45, 7) is 1.10. The van der Waals surface area contributed by atoms with Gasteiger partial charge < -0.3 is 5.32 Å². The Morgan fingerprint density at radius 3 is 2.90 bits per heavy atom. The molecule has 4 rings (SSSR count). The fourth-order valence-electron chi connectivity index (χ4n) is 2.61. The quantitative estimate of drug-likeness (QED) is 0.784. The maximum atomic E-state index is 4.78. The van der Waals surface area contributed by atoms with Gasteiger partial charge in [0.05, 0.1) is 22.8 Å². The van der Waals surface area contributed by atoms with Gasteiger partial charge in [0.15, 0.2) is 0 Å². The Morgan fingerprint density at radius 2 is 2.05 bits per heavy atom. The third-order valence-corrected chi connectivity index (χ3v) is 4.57. The number of thiazole rings is 1. The molecule has 1 fully saturated rings. The molecule has 0 saturated carbocycles. The van der Waals surface area contributed by atoms with E-state index in [9.17, 15) is 0 Å². The summed E-state index contributed by atoms with van der Waals surface area (Å²) in [5.74, 6) is 0. The summed E-state index contributed by atoms with van der Waals surface area (Å²) in [7, 11) is 0. The van der Waals surface area contributed by atoms with Crippen LogP contribution >= 0.6 is 11.3 Å². The van der Waals surface area contributed by atoms with Crippen molar-refractivity contribution in [3.8, 4) is 10.6 Å². The lowest BCUT2D eigenvalue weighted by atomic mass is 10.2. The molecule has 1 atom stereocenters. The van der Waals surface area contributed by atoms with E-state index in [1.165, 1.54) is 18.5 Å². The lowest BCUT2D eigenvalue weighted by molar-refractivity contribution is 0.632. The minimum Gasteiger partial charge on any atom is -0.309 e. The van der Waals surface area contributed by atoms with Crippen LogP contribution in [-0.4, -0.2) is 21.5 Å². The van der Waals surface area contributed by atoms with Gasteiger partial charge in [-0.05, 0) is 37.6 Å². The molecule has 1 aromatic carbocycles. The van der Waals surface area contributed by atoms with Crippen LogP contribution in [0.4, 0.5) is 0 Å². The van der Waals surface area contributed by atoms with Crippen molar-refractivity contribution in [2.75, 3.05) is 6.54 Å². The van der Waals surface area contributed by atoms with Gasteiger partial charge >= 0.3 is 0 Å². The van der Waals surface area contributed by atoms with E-state index in [1.807, 2.05) is 6.07 Å². The van der Waals surface area contributed by atoms with E-state index in [2.05, 4.69) is 32.8 Å². The number of rotatable bonds is 2. The highest BCUT2D eigenvalue weighted by Crippen LogP contribution is 2.30. The van der Waals surface area contributed by atoms with Gasteiger partial charge in [0.1, 0.15) is 5.01 Å². The zero-order chi connectivity index (χ0) is 13.4. The average molecular weight is 282 g/mol. The van der Waals surface area contributed by atoms with Crippen LogP contribution in [0.3, 0.4) is 0 Å². The van der Waals surface area contributed by atoms with Crippen molar-refractivity contribution in [1.82, 2.24) is 20.3 Å². The second-order valence-electron chi connectivity index (χ2n) is 4.99. The predicted octanol–water partition coefficient (Wildman–Crippen LogP) is 3.18. The second-order valence-corrected chi connectivity index (χ2v) is 5.84. The standard InChI is InChI=1S/C15H14N4S/c1-2-11(16-5-1)14-9-20-15(19-14)10-3-4-12-13(8-10)18-7-6-17-12/h3-4,6-9,11,16H,1-2,5H2. The number of hydrogen-bond donors (Lipinski definition) is 1. The van der Waals surface area contributed by atoms with Crippen molar-refractivity contribution < 1.29 is 0 Å². The molecule has 100 valence electrons. The van der Waals surface area contributed by atoms with Crippen LogP contribution in [0.15, 0.2) is 36.0 Å². The molecular weight excluding hydrogens is 268 g/mol. The summed E-state index contributed by atoms with van der Waals surface area (Å²) in [6, 6.07) is 6.57. The van der Waals surface area contributed by atoms with Gasteiger partial charge in [0.25, 0.3) is 0 Å². The molecule has 1 N–H and O–H groups in total. The molecule has 0 bridgehead atoms. The minimum absolute atomic E-state index is 0.431. The maximum Gasteiger partial charge on any atom is 0.123 e. The third-order valence-electron chi connectivity index (χ3n) is 3.66. The number of nitrogens with zero attached hydrogens (tertiary/aromatic N) is 3. The van der Waals surface area contributed by atoms with Crippen LogP contribution in [0.2, 0.25) is 0 Å². The largest absolute Gasteiger partial charge is 0.309 e. The maximum absolute atomic E-state index is 4.78. The Hall–Kier alpha value is -1.85. The molecule has 0 spiro atoms. The highest BCUT2D eigenvalue weighted by Gasteiger charge is 2.19. The summed E-state index contributed by atoms with van der Waals surface area (Å²) < 4.78 is 0. The lowest BCUT2D eigenvalue weighted by Gasteiger charge is -2.05. The van der Waals surface area contributed by atoms with E-state index < -0.39 is 0 Å². The van der Waals surface area contributed by atoms with E-state index in [0.717, 1.165) is 28.1 Å². The molecule has 1 aliphatic heterocycles. The SMILES string of the molecule is c1cnc2cc(-c3nc(C4CCCN4)cs3)ccc2n1. The van der Waals surface area contributed by atoms with Crippen LogP contribution < -0.4 is 5.32 Å². The Morgan fingerprint density at radius 1 is 1.15 bits per heavy atom. The van der Waals surface area contributed by atoms with Crippen molar-refractivity contribution in [2.45, 2.75) is 18.9 Å². The van der Waals surface area contributed by atoms with Gasteiger partial charge in [-0.1, -0.05) is 0 Å². The monoisotopic (exact) mass is 282 g/mol. The Bertz CT molecular complexity index is 746. The van der Waals surface area contributed by atoms with E-state index in [1.54, 1.807) is 23.7 Å². The number of benzene rings is 1. The Balaban J connectivity index is 1.71.